The molecule has 0 saturated carbocycles. The number of hydrogen-bond donors (Lipinski definition) is 0. The summed E-state index contributed by atoms with van der Waals surface area (Å²) >= 11 is 9.37. The number of aliphatic imine (C=N–C) groups is 1. The summed E-state index contributed by atoms with van der Waals surface area (Å²) in [5.41, 5.74) is 4.24. The van der Waals surface area contributed by atoms with Crippen LogP contribution in [0, 0.1) is 6.92 Å². The zero-order valence-corrected chi connectivity index (χ0v) is 21.4. The van der Waals surface area contributed by atoms with Gasteiger partial charge in [0.25, 0.3) is 5.91 Å². The second-order valence-corrected chi connectivity index (χ2v) is 10.6. The number of rotatable bonds is 5. The van der Waals surface area contributed by atoms with Crippen molar-refractivity contribution in [3.63, 3.8) is 0 Å². The Morgan fingerprint density at radius 3 is 2.53 bits per heavy atom. The Morgan fingerprint density at radius 1 is 0.941 bits per heavy atom. The van der Waals surface area contributed by atoms with Crippen LogP contribution in [0.5, 0.6) is 0 Å². The lowest BCUT2D eigenvalue weighted by Gasteiger charge is -2.19. The number of fused-ring (bicyclic) bond motifs is 1. The van der Waals surface area contributed by atoms with Crippen molar-refractivity contribution in [3.8, 4) is 0 Å². The minimum absolute atomic E-state index is 0.00665. The first kappa shape index (κ1) is 23.1. The maximum Gasteiger partial charge on any atom is 0.269 e. The van der Waals surface area contributed by atoms with Crippen molar-refractivity contribution in [1.29, 1.82) is 0 Å². The van der Waals surface area contributed by atoms with E-state index in [2.05, 4.69) is 24.0 Å². The van der Waals surface area contributed by atoms with E-state index in [4.69, 9.17) is 16.6 Å². The summed E-state index contributed by atoms with van der Waals surface area (Å²) in [7, 11) is 0. The Balaban J connectivity index is 1.52. The van der Waals surface area contributed by atoms with Gasteiger partial charge in [-0.3, -0.25) is 9.69 Å². The smallest absolute Gasteiger partial charge is 0.269 e. The molecule has 1 amide bonds. The van der Waals surface area contributed by atoms with Crippen LogP contribution in [0.25, 0.3) is 0 Å². The third-order valence-corrected chi connectivity index (χ3v) is 8.34. The van der Waals surface area contributed by atoms with E-state index in [1.165, 1.54) is 17.3 Å². The number of anilines is 1. The van der Waals surface area contributed by atoms with Gasteiger partial charge in [0.15, 0.2) is 5.17 Å². The Kier molecular flexibility index (Phi) is 6.73. The van der Waals surface area contributed by atoms with Crippen molar-refractivity contribution >= 4 is 57.6 Å². The lowest BCUT2D eigenvalue weighted by molar-refractivity contribution is -0.122. The first-order chi connectivity index (χ1) is 16.5. The number of aryl methyl sites for hydroxylation is 1. The van der Waals surface area contributed by atoms with E-state index >= 15 is 0 Å². The Bertz CT molecular complexity index is 1310. The molecule has 7 heteroatoms. The van der Waals surface area contributed by atoms with Gasteiger partial charge in [-0.25, -0.2) is 4.99 Å². The highest BCUT2D eigenvalue weighted by Gasteiger charge is 2.39. The average molecular weight is 506 g/mol. The largest absolute Gasteiger partial charge is 0.334 e. The van der Waals surface area contributed by atoms with Gasteiger partial charge >= 0.3 is 0 Å². The summed E-state index contributed by atoms with van der Waals surface area (Å²) in [6, 6.07) is 24.2. The highest BCUT2D eigenvalue weighted by atomic mass is 35.5. The molecule has 3 aromatic rings. The zero-order valence-electron chi connectivity index (χ0n) is 19.0. The summed E-state index contributed by atoms with van der Waals surface area (Å²) in [6.07, 6.45) is 0.767. The Labute approximate surface area is 213 Å². The molecule has 3 aromatic carbocycles. The number of nitrogens with zero attached hydrogens (tertiary/aromatic N) is 3. The number of carbonyl (C=O) groups excluding carboxylic acids is 1. The highest BCUT2D eigenvalue weighted by molar-refractivity contribution is 8.19. The van der Waals surface area contributed by atoms with E-state index in [9.17, 15) is 4.79 Å². The van der Waals surface area contributed by atoms with Crippen LogP contribution in [0.3, 0.4) is 0 Å². The summed E-state index contributed by atoms with van der Waals surface area (Å²) < 4.78 is 0. The van der Waals surface area contributed by atoms with Crippen molar-refractivity contribution < 1.29 is 4.79 Å². The number of carbonyl (C=O) groups is 1. The molecule has 0 N–H and O–H groups in total. The summed E-state index contributed by atoms with van der Waals surface area (Å²) in [5, 5.41) is 2.37. The number of halogens is 1. The fourth-order valence-corrected chi connectivity index (χ4v) is 6.61. The fraction of sp³-hybridized carbons (Fsp3) is 0.185. The van der Waals surface area contributed by atoms with Crippen molar-refractivity contribution in [3.05, 3.63) is 98.9 Å². The van der Waals surface area contributed by atoms with Crippen LogP contribution in [0.1, 0.15) is 18.1 Å². The molecule has 2 aliphatic rings. The monoisotopic (exact) mass is 505 g/mol. The summed E-state index contributed by atoms with van der Waals surface area (Å²) in [4.78, 5) is 24.5. The van der Waals surface area contributed by atoms with Gasteiger partial charge in [0.05, 0.1) is 11.4 Å². The number of thioether (sulfide) groups is 2. The summed E-state index contributed by atoms with van der Waals surface area (Å²) in [5.74, 6) is 0.00665. The Hall–Kier alpha value is -2.67. The van der Waals surface area contributed by atoms with Crippen LogP contribution in [0.2, 0.25) is 5.02 Å². The first-order valence-electron chi connectivity index (χ1n) is 11.2. The molecule has 2 aliphatic heterocycles. The predicted octanol–water partition coefficient (Wildman–Crippen LogP) is 7.26. The molecule has 0 radical (unpaired) electrons. The number of amides is 1. The maximum atomic E-state index is 13.8. The molecule has 0 aliphatic carbocycles. The van der Waals surface area contributed by atoms with Gasteiger partial charge in [0.1, 0.15) is 9.93 Å². The van der Waals surface area contributed by atoms with Crippen LogP contribution < -0.4 is 4.90 Å². The third-order valence-electron chi connectivity index (χ3n) is 5.73. The van der Waals surface area contributed by atoms with Crippen LogP contribution >= 0.6 is 35.1 Å². The molecular weight excluding hydrogens is 482 g/mol. The molecule has 1 fully saturated rings. The Morgan fingerprint density at radius 2 is 1.76 bits per heavy atom. The van der Waals surface area contributed by atoms with Gasteiger partial charge in [-0.15, -0.1) is 0 Å². The molecule has 0 bridgehead atoms. The second kappa shape index (κ2) is 9.90. The average Bonchev–Trinajstić information content (AvgIpc) is 3.34. The van der Waals surface area contributed by atoms with Crippen LogP contribution in [-0.2, 0) is 11.2 Å². The van der Waals surface area contributed by atoms with Gasteiger partial charge in [-0.1, -0.05) is 65.8 Å². The minimum atomic E-state index is 0.00665. The van der Waals surface area contributed by atoms with E-state index in [0.29, 0.717) is 11.6 Å². The first-order valence-corrected chi connectivity index (χ1v) is 13.2. The fourth-order valence-electron chi connectivity index (χ4n) is 4.05. The molecule has 0 unspecified atom stereocenters. The van der Waals surface area contributed by atoms with Gasteiger partial charge in [-0.05, 0) is 73.5 Å². The van der Waals surface area contributed by atoms with Crippen molar-refractivity contribution in [2.75, 3.05) is 18.0 Å². The van der Waals surface area contributed by atoms with E-state index in [0.717, 1.165) is 49.9 Å². The molecule has 0 aromatic heterocycles. The topological polar surface area (TPSA) is 35.9 Å². The van der Waals surface area contributed by atoms with Crippen LogP contribution in [0.15, 0.2) is 92.6 Å². The lowest BCUT2D eigenvalue weighted by atomic mass is 10.1. The summed E-state index contributed by atoms with van der Waals surface area (Å²) in [6.45, 7) is 5.47. The molecule has 34 heavy (non-hydrogen) atoms. The molecule has 1 saturated heterocycles. The lowest BCUT2D eigenvalue weighted by Crippen LogP contribution is -2.32. The van der Waals surface area contributed by atoms with Gasteiger partial charge in [-0.2, -0.15) is 0 Å². The van der Waals surface area contributed by atoms with Crippen molar-refractivity contribution in [2.45, 2.75) is 25.2 Å². The van der Waals surface area contributed by atoms with E-state index in [1.54, 1.807) is 11.8 Å². The van der Waals surface area contributed by atoms with E-state index in [-0.39, 0.29) is 5.91 Å². The van der Waals surface area contributed by atoms with Crippen LogP contribution in [-0.4, -0.2) is 29.1 Å². The standard InChI is InChI=1S/C27H24ClN3OS2/c1-3-30-22-17-20(28)12-13-23(22)33-26(30)24-25(32)31(15-14-19-9-5-4-6-10-19)27(34-24)29-21-11-7-8-18(2)16-21/h4-13,16-17H,3,14-15H2,1-2H3/b26-24-,29-27?. The molecule has 0 atom stereocenters. The van der Waals surface area contributed by atoms with E-state index < -0.39 is 0 Å². The quantitative estimate of drug-likeness (QED) is 0.342. The molecule has 5 rings (SSSR count). The zero-order chi connectivity index (χ0) is 23.7. The van der Waals surface area contributed by atoms with Gasteiger partial charge in [0.2, 0.25) is 0 Å². The van der Waals surface area contributed by atoms with Crippen molar-refractivity contribution in [2.24, 2.45) is 4.99 Å². The predicted molar refractivity (Wildman–Crippen MR) is 145 cm³/mol. The molecule has 0 spiro atoms. The number of amidine groups is 1. The molecular formula is C27H24ClN3OS2. The SMILES string of the molecule is CCN1/C(=C2/SC(=Nc3cccc(C)c3)N(CCc3ccccc3)C2=O)Sc2ccc(Cl)cc21. The highest BCUT2D eigenvalue weighted by Crippen LogP contribution is 2.51. The number of benzene rings is 3. The van der Waals surface area contributed by atoms with E-state index in [1.807, 2.05) is 72.5 Å². The van der Waals surface area contributed by atoms with Gasteiger partial charge < -0.3 is 4.90 Å². The van der Waals surface area contributed by atoms with Gasteiger partial charge in [0, 0.05) is 23.0 Å². The second-order valence-electron chi connectivity index (χ2n) is 8.12. The number of hydrogen-bond acceptors (Lipinski definition) is 5. The molecule has 2 heterocycles. The van der Waals surface area contributed by atoms with Crippen molar-refractivity contribution in [1.82, 2.24) is 4.90 Å². The normalized spacial score (nSPS) is 18.8. The maximum absolute atomic E-state index is 13.8. The van der Waals surface area contributed by atoms with Crippen LogP contribution in [0.4, 0.5) is 11.4 Å². The third kappa shape index (κ3) is 4.63. The molecule has 4 nitrogen and oxygen atoms in total. The molecule has 172 valence electrons. The minimum Gasteiger partial charge on any atom is -0.334 e.